The molecule has 0 unspecified atom stereocenters. The van der Waals surface area contributed by atoms with Crippen molar-refractivity contribution >= 4 is 38.7 Å². The average molecular weight is 423 g/mol. The number of amides is 1. The van der Waals surface area contributed by atoms with Gasteiger partial charge in [0.15, 0.2) is 5.16 Å². The van der Waals surface area contributed by atoms with E-state index >= 15 is 0 Å². The zero-order chi connectivity index (χ0) is 20.1. The molecule has 2 fully saturated rings. The molecule has 4 rings (SSSR count). The number of hydrogen-bond acceptors (Lipinski definition) is 5. The third-order valence-electron chi connectivity index (χ3n) is 6.30. The van der Waals surface area contributed by atoms with Gasteiger partial charge < -0.3 is 9.88 Å². The minimum Gasteiger partial charge on any atom is -0.353 e. The first-order valence-electron chi connectivity index (χ1n) is 9.64. The predicted molar refractivity (Wildman–Crippen MR) is 109 cm³/mol. The topological polar surface area (TPSA) is 107 Å². The Hall–Kier alpha value is -1.58. The number of aryl methyl sites for hydroxylation is 1. The molecule has 1 heterocycles. The van der Waals surface area contributed by atoms with Crippen molar-refractivity contribution in [3.8, 4) is 0 Å². The van der Waals surface area contributed by atoms with E-state index in [1.165, 1.54) is 49.6 Å². The van der Waals surface area contributed by atoms with Crippen LogP contribution < -0.4 is 10.5 Å². The molecular formula is C19H26N4O3S2. The molecule has 3 N–H and O–H groups in total. The van der Waals surface area contributed by atoms with Crippen LogP contribution in [0.1, 0.15) is 32.6 Å². The third-order valence-corrected chi connectivity index (χ3v) is 8.24. The highest BCUT2D eigenvalue weighted by molar-refractivity contribution is 7.99. The SMILES string of the molecule is C[C@H](NC(=O)CSc1nc2cc(S(N)(=O)=O)ccc2n1C)[C@H]1C[C@@H]2CC[C@@H]1C2. The molecule has 28 heavy (non-hydrogen) atoms. The van der Waals surface area contributed by atoms with Crippen molar-refractivity contribution in [2.45, 2.75) is 48.7 Å². The number of benzene rings is 1. The van der Waals surface area contributed by atoms with E-state index in [1.54, 1.807) is 6.07 Å². The summed E-state index contributed by atoms with van der Waals surface area (Å²) in [6.07, 6.45) is 5.25. The van der Waals surface area contributed by atoms with E-state index in [2.05, 4.69) is 17.2 Å². The maximum absolute atomic E-state index is 12.4. The second-order valence-corrected chi connectivity index (χ2v) is 10.6. The van der Waals surface area contributed by atoms with Crippen LogP contribution in [0.5, 0.6) is 0 Å². The standard InChI is InChI=1S/C19H26N4O3S2/c1-11(15-8-12-3-4-13(15)7-12)21-18(24)10-27-19-22-16-9-14(28(20,25)26)5-6-17(16)23(19)2/h5-6,9,11-13,15H,3-4,7-8,10H2,1-2H3,(H,21,24)(H2,20,25,26)/t11-,12+,13+,15+/m0/s1. The first kappa shape index (κ1) is 19.7. The Balaban J connectivity index is 1.39. The molecule has 2 aliphatic carbocycles. The van der Waals surface area contributed by atoms with Gasteiger partial charge in [0.1, 0.15) is 0 Å². The molecule has 1 amide bonds. The summed E-state index contributed by atoms with van der Waals surface area (Å²) in [5.74, 6) is 2.55. The Kier molecular flexibility index (Phi) is 5.18. The number of nitrogens with one attached hydrogen (secondary N) is 1. The fourth-order valence-electron chi connectivity index (χ4n) is 4.90. The van der Waals surface area contributed by atoms with Crippen molar-refractivity contribution in [3.05, 3.63) is 18.2 Å². The van der Waals surface area contributed by atoms with Crippen molar-refractivity contribution < 1.29 is 13.2 Å². The molecule has 7 nitrogen and oxygen atoms in total. The van der Waals surface area contributed by atoms with E-state index in [0.29, 0.717) is 16.6 Å². The molecule has 1 aromatic heterocycles. The largest absolute Gasteiger partial charge is 0.353 e. The highest BCUT2D eigenvalue weighted by atomic mass is 32.2. The molecule has 9 heteroatoms. The first-order valence-corrected chi connectivity index (χ1v) is 12.2. The first-order chi connectivity index (χ1) is 13.2. The number of carbonyl (C=O) groups excluding carboxylic acids is 1. The number of sulfonamides is 1. The Labute approximate surface area is 169 Å². The van der Waals surface area contributed by atoms with Gasteiger partial charge in [-0.15, -0.1) is 0 Å². The molecule has 1 aromatic carbocycles. The van der Waals surface area contributed by atoms with E-state index in [1.807, 2.05) is 11.6 Å². The average Bonchev–Trinajstić information content (AvgIpc) is 3.34. The number of carbonyl (C=O) groups is 1. The fraction of sp³-hybridized carbons (Fsp3) is 0.579. The number of primary sulfonamides is 1. The van der Waals surface area contributed by atoms with Crippen LogP contribution in [0.3, 0.4) is 0 Å². The lowest BCUT2D eigenvalue weighted by Crippen LogP contribution is -2.40. The molecule has 0 saturated heterocycles. The zero-order valence-electron chi connectivity index (χ0n) is 16.1. The summed E-state index contributed by atoms with van der Waals surface area (Å²) in [6, 6.07) is 4.83. The summed E-state index contributed by atoms with van der Waals surface area (Å²) >= 11 is 1.35. The van der Waals surface area contributed by atoms with Gasteiger partial charge >= 0.3 is 0 Å². The summed E-state index contributed by atoms with van der Waals surface area (Å²) in [6.45, 7) is 2.12. The third kappa shape index (κ3) is 3.79. The second-order valence-electron chi connectivity index (χ2n) is 8.13. The van der Waals surface area contributed by atoms with Crippen molar-refractivity contribution in [1.82, 2.24) is 14.9 Å². The van der Waals surface area contributed by atoms with Crippen LogP contribution in [0.2, 0.25) is 0 Å². The molecule has 2 aliphatic rings. The fourth-order valence-corrected chi connectivity index (χ4v) is 6.23. The summed E-state index contributed by atoms with van der Waals surface area (Å²) in [4.78, 5) is 16.9. The Morgan fingerprint density at radius 1 is 1.39 bits per heavy atom. The van der Waals surface area contributed by atoms with E-state index in [9.17, 15) is 13.2 Å². The summed E-state index contributed by atoms with van der Waals surface area (Å²) in [5.41, 5.74) is 1.35. The molecule has 4 atom stereocenters. The monoisotopic (exact) mass is 422 g/mol. The number of fused-ring (bicyclic) bond motifs is 3. The molecule has 0 spiro atoms. The van der Waals surface area contributed by atoms with Crippen LogP contribution >= 0.6 is 11.8 Å². The van der Waals surface area contributed by atoms with Gasteiger partial charge in [0.25, 0.3) is 0 Å². The van der Waals surface area contributed by atoms with Gasteiger partial charge in [0.05, 0.1) is 21.7 Å². The highest BCUT2D eigenvalue weighted by Gasteiger charge is 2.42. The summed E-state index contributed by atoms with van der Waals surface area (Å²) < 4.78 is 24.9. The molecular weight excluding hydrogens is 396 g/mol. The van der Waals surface area contributed by atoms with Gasteiger partial charge in [-0.05, 0) is 62.1 Å². The molecule has 0 aliphatic heterocycles. The Bertz CT molecular complexity index is 1020. The molecule has 0 radical (unpaired) electrons. The normalized spacial score (nSPS) is 25.3. The maximum atomic E-state index is 12.4. The highest BCUT2D eigenvalue weighted by Crippen LogP contribution is 2.49. The number of rotatable bonds is 6. The quantitative estimate of drug-likeness (QED) is 0.695. The Morgan fingerprint density at radius 2 is 2.18 bits per heavy atom. The minimum absolute atomic E-state index is 0.0116. The minimum atomic E-state index is -3.77. The van der Waals surface area contributed by atoms with Gasteiger partial charge in [0, 0.05) is 13.1 Å². The van der Waals surface area contributed by atoms with E-state index in [-0.39, 0.29) is 22.6 Å². The number of nitrogens with zero attached hydrogens (tertiary/aromatic N) is 2. The van der Waals surface area contributed by atoms with Crippen LogP contribution in [0.15, 0.2) is 28.3 Å². The lowest BCUT2D eigenvalue weighted by Gasteiger charge is -2.28. The van der Waals surface area contributed by atoms with Crippen LogP contribution in [-0.2, 0) is 21.9 Å². The van der Waals surface area contributed by atoms with E-state index < -0.39 is 10.0 Å². The van der Waals surface area contributed by atoms with Crippen LogP contribution in [0.4, 0.5) is 0 Å². The van der Waals surface area contributed by atoms with Gasteiger partial charge in [0.2, 0.25) is 15.9 Å². The zero-order valence-corrected chi connectivity index (χ0v) is 17.7. The van der Waals surface area contributed by atoms with Gasteiger partial charge in [-0.1, -0.05) is 18.2 Å². The lowest BCUT2D eigenvalue weighted by atomic mass is 9.84. The molecule has 2 saturated carbocycles. The number of thioether (sulfide) groups is 1. The lowest BCUT2D eigenvalue weighted by molar-refractivity contribution is -0.119. The van der Waals surface area contributed by atoms with Crippen molar-refractivity contribution in [2.75, 3.05) is 5.75 Å². The summed E-state index contributed by atoms with van der Waals surface area (Å²) in [7, 11) is -1.92. The van der Waals surface area contributed by atoms with Crippen LogP contribution in [-0.4, -0.2) is 35.7 Å². The second kappa shape index (κ2) is 7.35. The van der Waals surface area contributed by atoms with E-state index in [4.69, 9.17) is 5.14 Å². The van der Waals surface area contributed by atoms with Crippen LogP contribution in [0, 0.1) is 17.8 Å². The van der Waals surface area contributed by atoms with Gasteiger partial charge in [-0.3, -0.25) is 4.79 Å². The van der Waals surface area contributed by atoms with E-state index in [0.717, 1.165) is 17.4 Å². The van der Waals surface area contributed by atoms with Crippen molar-refractivity contribution in [1.29, 1.82) is 0 Å². The molecule has 2 aromatic rings. The Morgan fingerprint density at radius 3 is 2.82 bits per heavy atom. The number of imidazole rings is 1. The van der Waals surface area contributed by atoms with Crippen LogP contribution in [0.25, 0.3) is 11.0 Å². The van der Waals surface area contributed by atoms with Gasteiger partial charge in [-0.25, -0.2) is 18.5 Å². The van der Waals surface area contributed by atoms with Gasteiger partial charge in [-0.2, -0.15) is 0 Å². The molecule has 2 bridgehead atoms. The van der Waals surface area contributed by atoms with Crippen molar-refractivity contribution in [2.24, 2.45) is 29.9 Å². The predicted octanol–water partition coefficient (Wildman–Crippen LogP) is 2.25. The molecule has 152 valence electrons. The number of hydrogen-bond donors (Lipinski definition) is 2. The number of aromatic nitrogens is 2. The number of nitrogens with two attached hydrogens (primary N) is 1. The maximum Gasteiger partial charge on any atom is 0.238 e. The van der Waals surface area contributed by atoms with Crippen molar-refractivity contribution in [3.63, 3.8) is 0 Å². The smallest absolute Gasteiger partial charge is 0.238 e. The summed E-state index contributed by atoms with van der Waals surface area (Å²) in [5, 5.41) is 9.03.